The first-order valence-electron chi connectivity index (χ1n) is 6.22. The topological polar surface area (TPSA) is 69.6 Å². The Morgan fingerprint density at radius 2 is 2.15 bits per heavy atom. The zero-order chi connectivity index (χ0) is 14.7. The lowest BCUT2D eigenvalue weighted by atomic mass is 9.97. The van der Waals surface area contributed by atoms with E-state index in [1.807, 2.05) is 0 Å². The highest BCUT2D eigenvalue weighted by Crippen LogP contribution is 2.25. The molecule has 2 rings (SSSR count). The summed E-state index contributed by atoms with van der Waals surface area (Å²) in [5.41, 5.74) is 1.45. The molecule has 0 spiro atoms. The maximum atomic E-state index is 14.0. The highest BCUT2D eigenvalue weighted by Gasteiger charge is 2.19. The molecule has 1 aliphatic rings. The van der Waals surface area contributed by atoms with E-state index in [1.165, 1.54) is 18.0 Å². The molecule has 0 aliphatic carbocycles. The van der Waals surface area contributed by atoms with Crippen molar-refractivity contribution in [2.45, 2.75) is 6.42 Å². The van der Waals surface area contributed by atoms with E-state index in [1.54, 1.807) is 18.2 Å². The molecule has 0 bridgehead atoms. The van der Waals surface area contributed by atoms with E-state index >= 15 is 0 Å². The average molecular weight is 278 g/mol. The average Bonchev–Trinajstić information content (AvgIpc) is 2.46. The largest absolute Gasteiger partial charge is 0.465 e. The molecule has 0 radical (unpaired) electrons. The first-order valence-corrected chi connectivity index (χ1v) is 6.22. The molecule has 1 heterocycles. The number of rotatable bonds is 2. The van der Waals surface area contributed by atoms with Gasteiger partial charge in [0.1, 0.15) is 5.82 Å². The second-order valence-electron chi connectivity index (χ2n) is 4.48. The molecule has 0 aromatic heterocycles. The summed E-state index contributed by atoms with van der Waals surface area (Å²) in [5, 5.41) is 11.3. The Labute approximate surface area is 115 Å². The summed E-state index contributed by atoms with van der Waals surface area (Å²) in [6.45, 7) is 0.596. The predicted molar refractivity (Wildman–Crippen MR) is 72.0 cm³/mol. The lowest BCUT2D eigenvalue weighted by Gasteiger charge is -2.24. The Hall–Kier alpha value is -2.37. The van der Waals surface area contributed by atoms with Gasteiger partial charge in [0.15, 0.2) is 0 Å². The molecule has 0 fully saturated rings. The van der Waals surface area contributed by atoms with Gasteiger partial charge in [-0.15, -0.1) is 0 Å². The third-order valence-electron chi connectivity index (χ3n) is 3.28. The number of benzene rings is 1. The van der Waals surface area contributed by atoms with E-state index in [-0.39, 0.29) is 18.0 Å². The number of hydrogen-bond donors (Lipinski definition) is 2. The van der Waals surface area contributed by atoms with Crippen molar-refractivity contribution in [1.82, 2.24) is 10.2 Å². The van der Waals surface area contributed by atoms with E-state index in [2.05, 4.69) is 5.32 Å². The Morgan fingerprint density at radius 3 is 2.65 bits per heavy atom. The van der Waals surface area contributed by atoms with Gasteiger partial charge in [-0.1, -0.05) is 12.1 Å². The third-order valence-corrected chi connectivity index (χ3v) is 3.28. The second-order valence-corrected chi connectivity index (χ2v) is 4.48. The van der Waals surface area contributed by atoms with Crippen LogP contribution >= 0.6 is 0 Å². The van der Waals surface area contributed by atoms with Gasteiger partial charge in [-0.3, -0.25) is 4.79 Å². The molecule has 5 nitrogen and oxygen atoms in total. The molecular weight excluding hydrogens is 263 g/mol. The van der Waals surface area contributed by atoms with Gasteiger partial charge in [0, 0.05) is 31.3 Å². The van der Waals surface area contributed by atoms with E-state index in [9.17, 15) is 14.0 Å². The predicted octanol–water partition coefficient (Wildman–Crippen LogP) is 1.95. The number of nitrogens with one attached hydrogen (secondary N) is 1. The summed E-state index contributed by atoms with van der Waals surface area (Å²) in [6.07, 6.45) is 1.19. The van der Waals surface area contributed by atoms with Gasteiger partial charge in [0.2, 0.25) is 0 Å². The zero-order valence-corrected chi connectivity index (χ0v) is 11.0. The number of hydrogen-bond acceptors (Lipinski definition) is 2. The van der Waals surface area contributed by atoms with Crippen molar-refractivity contribution in [3.8, 4) is 0 Å². The van der Waals surface area contributed by atoms with Gasteiger partial charge in [0.05, 0.1) is 0 Å². The van der Waals surface area contributed by atoms with Crippen LogP contribution in [0.2, 0.25) is 0 Å². The van der Waals surface area contributed by atoms with Crippen LogP contribution in [0.4, 0.5) is 9.18 Å². The number of carbonyl (C=O) groups excluding carboxylic acids is 1. The molecule has 2 amide bonds. The van der Waals surface area contributed by atoms with Crippen LogP contribution < -0.4 is 5.32 Å². The summed E-state index contributed by atoms with van der Waals surface area (Å²) in [5.74, 6) is -0.814. The number of carbonyl (C=O) groups is 2. The minimum atomic E-state index is -0.976. The molecule has 1 aliphatic heterocycles. The molecule has 20 heavy (non-hydrogen) atoms. The summed E-state index contributed by atoms with van der Waals surface area (Å²) in [6, 6.07) is 4.31. The number of halogens is 1. The van der Waals surface area contributed by atoms with Gasteiger partial charge in [-0.2, -0.15) is 0 Å². The van der Waals surface area contributed by atoms with Gasteiger partial charge in [-0.05, 0) is 24.1 Å². The minimum Gasteiger partial charge on any atom is -0.465 e. The smallest absolute Gasteiger partial charge is 0.407 e. The van der Waals surface area contributed by atoms with Crippen LogP contribution in [0.5, 0.6) is 0 Å². The number of nitrogens with zero attached hydrogens (tertiary/aromatic N) is 1. The van der Waals surface area contributed by atoms with Gasteiger partial charge in [-0.25, -0.2) is 9.18 Å². The Bertz CT molecular complexity index is 584. The van der Waals surface area contributed by atoms with Crippen LogP contribution in [0.3, 0.4) is 0 Å². The fraction of sp³-hybridized carbons (Fsp3) is 0.286. The van der Waals surface area contributed by atoms with E-state index in [0.717, 1.165) is 5.57 Å². The van der Waals surface area contributed by atoms with E-state index in [0.29, 0.717) is 18.5 Å². The molecular formula is C14H15FN2O3. The molecule has 1 aromatic carbocycles. The van der Waals surface area contributed by atoms with Crippen molar-refractivity contribution < 1.29 is 19.1 Å². The monoisotopic (exact) mass is 278 g/mol. The van der Waals surface area contributed by atoms with Crippen molar-refractivity contribution >= 4 is 17.6 Å². The fourth-order valence-electron chi connectivity index (χ4n) is 2.15. The van der Waals surface area contributed by atoms with Crippen LogP contribution in [0.1, 0.15) is 22.3 Å². The van der Waals surface area contributed by atoms with Crippen molar-refractivity contribution in [3.05, 3.63) is 41.2 Å². The summed E-state index contributed by atoms with van der Waals surface area (Å²) in [4.78, 5) is 23.5. The molecule has 6 heteroatoms. The van der Waals surface area contributed by atoms with Crippen LogP contribution in [0, 0.1) is 5.82 Å². The molecule has 0 saturated heterocycles. The Morgan fingerprint density at radius 1 is 1.40 bits per heavy atom. The summed E-state index contributed by atoms with van der Waals surface area (Å²) in [7, 11) is 1.48. The van der Waals surface area contributed by atoms with Crippen molar-refractivity contribution in [2.24, 2.45) is 0 Å². The van der Waals surface area contributed by atoms with E-state index < -0.39 is 11.9 Å². The summed E-state index contributed by atoms with van der Waals surface area (Å²) >= 11 is 0. The van der Waals surface area contributed by atoms with Gasteiger partial charge in [0.25, 0.3) is 5.91 Å². The van der Waals surface area contributed by atoms with Crippen molar-refractivity contribution in [1.29, 1.82) is 0 Å². The molecule has 0 unspecified atom stereocenters. The van der Waals surface area contributed by atoms with E-state index in [4.69, 9.17) is 5.11 Å². The number of carboxylic acid groups (broad SMARTS) is 1. The minimum absolute atomic E-state index is 0.251. The lowest BCUT2D eigenvalue weighted by molar-refractivity contribution is 0.0962. The fourth-order valence-corrected chi connectivity index (χ4v) is 2.15. The molecule has 1 aromatic rings. The van der Waals surface area contributed by atoms with Gasteiger partial charge >= 0.3 is 6.09 Å². The van der Waals surface area contributed by atoms with Crippen LogP contribution in [-0.2, 0) is 0 Å². The quantitative estimate of drug-likeness (QED) is 0.868. The SMILES string of the molecule is CNC(=O)c1ccc(C2=CCN(C(=O)O)CC2)c(F)c1. The molecule has 106 valence electrons. The van der Waals surface area contributed by atoms with Crippen LogP contribution in [0.15, 0.2) is 24.3 Å². The first kappa shape index (κ1) is 14.0. The Kier molecular flexibility index (Phi) is 4.02. The maximum absolute atomic E-state index is 14.0. The van der Waals surface area contributed by atoms with Gasteiger partial charge < -0.3 is 15.3 Å². The van der Waals surface area contributed by atoms with Crippen LogP contribution in [0.25, 0.3) is 5.57 Å². The number of amides is 2. The zero-order valence-electron chi connectivity index (χ0n) is 11.0. The van der Waals surface area contributed by atoms with Crippen molar-refractivity contribution in [3.63, 3.8) is 0 Å². The highest BCUT2D eigenvalue weighted by molar-refractivity contribution is 5.94. The van der Waals surface area contributed by atoms with Crippen molar-refractivity contribution in [2.75, 3.05) is 20.1 Å². The second kappa shape index (κ2) is 5.73. The Balaban J connectivity index is 2.22. The molecule has 0 saturated carbocycles. The lowest BCUT2D eigenvalue weighted by Crippen LogP contribution is -2.33. The highest BCUT2D eigenvalue weighted by atomic mass is 19.1. The van der Waals surface area contributed by atoms with Crippen LogP contribution in [-0.4, -0.2) is 42.1 Å². The normalized spacial score (nSPS) is 14.7. The molecule has 0 atom stereocenters. The molecule has 2 N–H and O–H groups in total. The standard InChI is InChI=1S/C14H15FN2O3/c1-16-13(18)10-2-3-11(12(15)8-10)9-4-6-17(7-5-9)14(19)20/h2-4,8H,5-7H2,1H3,(H,16,18)(H,19,20). The summed E-state index contributed by atoms with van der Waals surface area (Å²) < 4.78 is 14.0. The third kappa shape index (κ3) is 2.79. The first-order chi connectivity index (χ1) is 9.52. The maximum Gasteiger partial charge on any atom is 0.407 e.